The number of aromatic nitrogens is 1. The minimum absolute atomic E-state index is 0.0195. The van der Waals surface area contributed by atoms with Crippen LogP contribution in [0.25, 0.3) is 10.9 Å². The number of fused-ring (bicyclic) bond motifs is 1. The van der Waals surface area contributed by atoms with E-state index in [0.717, 1.165) is 49.1 Å². The molecule has 0 atom stereocenters. The summed E-state index contributed by atoms with van der Waals surface area (Å²) < 4.78 is 5.19. The highest BCUT2D eigenvalue weighted by atomic mass is 16.5. The molecule has 0 amide bonds. The van der Waals surface area contributed by atoms with Crippen LogP contribution in [0, 0.1) is 6.92 Å². The first-order valence-electron chi connectivity index (χ1n) is 9.67. The number of aromatic amines is 1. The summed E-state index contributed by atoms with van der Waals surface area (Å²) in [7, 11) is 0. The van der Waals surface area contributed by atoms with Crippen LogP contribution in [0.15, 0.2) is 23.0 Å². The van der Waals surface area contributed by atoms with Crippen LogP contribution < -0.4 is 10.3 Å². The van der Waals surface area contributed by atoms with Gasteiger partial charge in [-0.15, -0.1) is 0 Å². The van der Waals surface area contributed by atoms with Crippen molar-refractivity contribution < 1.29 is 14.4 Å². The number of rotatable bonds is 9. The zero-order chi connectivity index (χ0) is 19.1. The average molecular weight is 359 g/mol. The topological polar surface area (TPSA) is 63.6 Å². The number of hydrogen-bond donors (Lipinski definition) is 2. The molecule has 0 saturated heterocycles. The lowest BCUT2D eigenvalue weighted by molar-refractivity contribution is -0.914. The van der Waals surface area contributed by atoms with E-state index in [1.165, 1.54) is 4.90 Å². The lowest BCUT2D eigenvalue weighted by Gasteiger charge is -2.19. The van der Waals surface area contributed by atoms with Crippen molar-refractivity contribution in [2.24, 2.45) is 0 Å². The third kappa shape index (κ3) is 4.73. The molecule has 1 heterocycles. The minimum atomic E-state index is -0.375. The van der Waals surface area contributed by atoms with Crippen LogP contribution >= 0.6 is 0 Å². The first kappa shape index (κ1) is 20.2. The number of carbonyl (C=O) groups excluding carboxylic acids is 1. The molecule has 5 nitrogen and oxygen atoms in total. The van der Waals surface area contributed by atoms with Gasteiger partial charge in [0.15, 0.2) is 5.43 Å². The first-order valence-corrected chi connectivity index (χ1v) is 9.67. The van der Waals surface area contributed by atoms with E-state index < -0.39 is 0 Å². The second-order valence-electron chi connectivity index (χ2n) is 6.88. The summed E-state index contributed by atoms with van der Waals surface area (Å²) in [6, 6.07) is 5.16. The molecule has 0 aliphatic carbocycles. The van der Waals surface area contributed by atoms with Crippen LogP contribution in [-0.2, 0) is 11.3 Å². The van der Waals surface area contributed by atoms with Crippen molar-refractivity contribution in [3.8, 4) is 0 Å². The van der Waals surface area contributed by atoms with Gasteiger partial charge in [0, 0.05) is 16.6 Å². The van der Waals surface area contributed by atoms with E-state index in [1.807, 2.05) is 13.8 Å². The van der Waals surface area contributed by atoms with Crippen molar-refractivity contribution in [2.75, 3.05) is 19.7 Å². The van der Waals surface area contributed by atoms with Gasteiger partial charge in [0.25, 0.3) is 0 Å². The molecule has 1 aromatic carbocycles. The Morgan fingerprint density at radius 3 is 2.42 bits per heavy atom. The summed E-state index contributed by atoms with van der Waals surface area (Å²) in [6.07, 6.45) is 2.96. The van der Waals surface area contributed by atoms with Crippen molar-refractivity contribution in [3.63, 3.8) is 0 Å². The Hall–Kier alpha value is -2.14. The van der Waals surface area contributed by atoms with Gasteiger partial charge in [0.2, 0.25) is 0 Å². The van der Waals surface area contributed by atoms with Crippen LogP contribution in [0.5, 0.6) is 0 Å². The predicted octanol–water partition coefficient (Wildman–Crippen LogP) is 2.61. The molecule has 5 heteroatoms. The Morgan fingerprint density at radius 2 is 1.81 bits per heavy atom. The number of carbonyl (C=O) groups is 1. The molecule has 0 aliphatic rings. The molecule has 0 bridgehead atoms. The molecule has 0 aliphatic heterocycles. The molecule has 142 valence electrons. The molecule has 26 heavy (non-hydrogen) atoms. The molecule has 0 radical (unpaired) electrons. The van der Waals surface area contributed by atoms with Crippen LogP contribution in [0.2, 0.25) is 0 Å². The normalized spacial score (nSPS) is 11.3. The van der Waals surface area contributed by atoms with E-state index in [2.05, 4.69) is 18.8 Å². The van der Waals surface area contributed by atoms with Crippen molar-refractivity contribution in [2.45, 2.75) is 53.5 Å². The number of H-pyrrole nitrogens is 1. The third-order valence-corrected chi connectivity index (χ3v) is 4.62. The van der Waals surface area contributed by atoms with Gasteiger partial charge in [0.1, 0.15) is 6.54 Å². The number of hydrogen-bond acceptors (Lipinski definition) is 3. The van der Waals surface area contributed by atoms with E-state index in [1.54, 1.807) is 18.2 Å². The Balaban J connectivity index is 2.42. The van der Waals surface area contributed by atoms with Crippen molar-refractivity contribution in [3.05, 3.63) is 45.2 Å². The molecule has 0 unspecified atom stereocenters. The monoisotopic (exact) mass is 359 g/mol. The number of ether oxygens (including phenoxy) is 1. The summed E-state index contributed by atoms with van der Waals surface area (Å²) >= 11 is 0. The van der Waals surface area contributed by atoms with Gasteiger partial charge in [-0.3, -0.25) is 4.79 Å². The molecule has 2 aromatic rings. The summed E-state index contributed by atoms with van der Waals surface area (Å²) in [5.74, 6) is -0.375. The Labute approximate surface area is 155 Å². The highest BCUT2D eigenvalue weighted by molar-refractivity contribution is 5.94. The van der Waals surface area contributed by atoms with E-state index in [9.17, 15) is 9.59 Å². The summed E-state index contributed by atoms with van der Waals surface area (Å²) in [5.41, 5.74) is 2.93. The van der Waals surface area contributed by atoms with Gasteiger partial charge in [-0.2, -0.15) is 0 Å². The first-order chi connectivity index (χ1) is 12.5. The van der Waals surface area contributed by atoms with Gasteiger partial charge < -0.3 is 14.6 Å². The van der Waals surface area contributed by atoms with Crippen molar-refractivity contribution in [1.82, 2.24) is 4.98 Å². The highest BCUT2D eigenvalue weighted by Gasteiger charge is 2.17. The lowest BCUT2D eigenvalue weighted by atomic mass is 10.1. The lowest BCUT2D eigenvalue weighted by Crippen LogP contribution is -3.10. The zero-order valence-electron chi connectivity index (χ0n) is 16.4. The fraction of sp³-hybridized carbons (Fsp3) is 0.524. The third-order valence-electron chi connectivity index (χ3n) is 4.62. The fourth-order valence-corrected chi connectivity index (χ4v) is 3.33. The SMILES string of the molecule is CCCOC(=O)c1ccc2[nH]c(C)c(C[NH+](CCC)CCC)c(=O)c2c1. The van der Waals surface area contributed by atoms with Crippen LogP contribution in [0.4, 0.5) is 0 Å². The van der Waals surface area contributed by atoms with E-state index in [-0.39, 0.29) is 11.4 Å². The van der Waals surface area contributed by atoms with Crippen LogP contribution in [0.3, 0.4) is 0 Å². The number of nitrogens with one attached hydrogen (secondary N) is 2. The maximum atomic E-state index is 13.1. The standard InChI is InChI=1S/C21H30N2O3/c1-5-10-23(11-6-2)14-18-15(4)22-19-9-8-16(13-17(19)20(18)24)21(25)26-12-7-3/h8-9,13H,5-7,10-12,14H2,1-4H3,(H,22,24)/p+1. The molecule has 0 fully saturated rings. The van der Waals surface area contributed by atoms with Gasteiger partial charge in [-0.1, -0.05) is 20.8 Å². The summed E-state index contributed by atoms with van der Waals surface area (Å²) in [6.45, 7) is 11.4. The van der Waals surface area contributed by atoms with Crippen LogP contribution in [0.1, 0.15) is 61.6 Å². The van der Waals surface area contributed by atoms with E-state index >= 15 is 0 Å². The summed E-state index contributed by atoms with van der Waals surface area (Å²) in [5, 5.41) is 0.559. The predicted molar refractivity (Wildman–Crippen MR) is 105 cm³/mol. The summed E-state index contributed by atoms with van der Waals surface area (Å²) in [4.78, 5) is 30.0. The molecule has 2 rings (SSSR count). The second-order valence-corrected chi connectivity index (χ2v) is 6.88. The molecule has 2 N–H and O–H groups in total. The zero-order valence-corrected chi connectivity index (χ0v) is 16.4. The van der Waals surface area contributed by atoms with Crippen LogP contribution in [-0.4, -0.2) is 30.6 Å². The van der Waals surface area contributed by atoms with Crippen molar-refractivity contribution in [1.29, 1.82) is 0 Å². The quantitative estimate of drug-likeness (QED) is 0.677. The van der Waals surface area contributed by atoms with Gasteiger partial charge >= 0.3 is 5.97 Å². The Kier molecular flexibility index (Phi) is 7.39. The molecule has 1 aromatic heterocycles. The van der Waals surface area contributed by atoms with E-state index in [0.29, 0.717) is 24.1 Å². The average Bonchev–Trinajstić information content (AvgIpc) is 2.63. The number of benzene rings is 1. The van der Waals surface area contributed by atoms with E-state index in [4.69, 9.17) is 4.74 Å². The maximum absolute atomic E-state index is 13.1. The number of aryl methyl sites for hydroxylation is 1. The van der Waals surface area contributed by atoms with Gasteiger partial charge in [-0.05, 0) is 44.4 Å². The van der Waals surface area contributed by atoms with Crippen molar-refractivity contribution >= 4 is 16.9 Å². The molecule has 0 saturated carbocycles. The number of pyridine rings is 1. The smallest absolute Gasteiger partial charge is 0.338 e. The van der Waals surface area contributed by atoms with Gasteiger partial charge in [-0.25, -0.2) is 4.79 Å². The largest absolute Gasteiger partial charge is 0.462 e. The number of esters is 1. The molecular weight excluding hydrogens is 328 g/mol. The maximum Gasteiger partial charge on any atom is 0.338 e. The Morgan fingerprint density at radius 1 is 1.12 bits per heavy atom. The second kappa shape index (κ2) is 9.53. The van der Waals surface area contributed by atoms with Gasteiger partial charge in [0.05, 0.1) is 30.8 Å². The molecule has 0 spiro atoms. The highest BCUT2D eigenvalue weighted by Crippen LogP contribution is 2.14. The Bertz CT molecular complexity index is 805. The minimum Gasteiger partial charge on any atom is -0.462 e. The molecular formula is C21H31N2O3+. The fourth-order valence-electron chi connectivity index (χ4n) is 3.33. The number of quaternary nitrogens is 1.